The monoisotopic (exact) mass is 355 g/mol. The van der Waals surface area contributed by atoms with Gasteiger partial charge in [-0.1, -0.05) is 26.0 Å². The van der Waals surface area contributed by atoms with Gasteiger partial charge in [0.05, 0.1) is 0 Å². The quantitative estimate of drug-likeness (QED) is 0.735. The molecule has 2 aromatic rings. The van der Waals surface area contributed by atoms with Crippen molar-refractivity contribution in [1.29, 1.82) is 0 Å². The van der Waals surface area contributed by atoms with Crippen molar-refractivity contribution in [2.45, 2.75) is 26.7 Å². The molecule has 6 heteroatoms. The van der Waals surface area contributed by atoms with Gasteiger partial charge in [-0.3, -0.25) is 4.79 Å². The van der Waals surface area contributed by atoms with E-state index in [4.69, 9.17) is 4.74 Å². The van der Waals surface area contributed by atoms with Crippen molar-refractivity contribution in [2.75, 3.05) is 24.3 Å². The second-order valence-corrected chi connectivity index (χ2v) is 6.29. The average molecular weight is 355 g/mol. The second-order valence-electron chi connectivity index (χ2n) is 6.29. The van der Waals surface area contributed by atoms with Crippen LogP contribution in [-0.4, -0.2) is 25.6 Å². The first-order chi connectivity index (χ1) is 12.4. The summed E-state index contributed by atoms with van der Waals surface area (Å²) < 4.78 is 5.58. The zero-order valence-corrected chi connectivity index (χ0v) is 15.6. The molecule has 0 spiro atoms. The van der Waals surface area contributed by atoms with E-state index in [0.29, 0.717) is 23.0 Å². The van der Waals surface area contributed by atoms with E-state index in [-0.39, 0.29) is 18.5 Å². The number of rotatable bonds is 6. The molecule has 0 saturated carbocycles. The van der Waals surface area contributed by atoms with Crippen molar-refractivity contribution in [1.82, 2.24) is 5.32 Å². The van der Waals surface area contributed by atoms with Gasteiger partial charge in [-0.2, -0.15) is 0 Å². The van der Waals surface area contributed by atoms with Crippen LogP contribution in [0.3, 0.4) is 0 Å². The Morgan fingerprint density at radius 3 is 2.35 bits per heavy atom. The Kier molecular flexibility index (Phi) is 6.60. The molecule has 138 valence electrons. The molecule has 0 unspecified atom stereocenters. The molecule has 3 N–H and O–H groups in total. The number of carbonyl (C=O) groups is 2. The molecular weight excluding hydrogens is 330 g/mol. The van der Waals surface area contributed by atoms with Crippen LogP contribution in [0.1, 0.15) is 30.9 Å². The van der Waals surface area contributed by atoms with Crippen LogP contribution >= 0.6 is 0 Å². The highest BCUT2D eigenvalue weighted by Gasteiger charge is 2.08. The average Bonchev–Trinajstić information content (AvgIpc) is 2.60. The number of aryl methyl sites for hydroxylation is 1. The molecule has 2 rings (SSSR count). The van der Waals surface area contributed by atoms with Crippen molar-refractivity contribution in [3.05, 3.63) is 53.6 Å². The minimum Gasteiger partial charge on any atom is -0.484 e. The van der Waals surface area contributed by atoms with E-state index in [2.05, 4.69) is 29.8 Å². The molecule has 0 aliphatic carbocycles. The molecule has 0 saturated heterocycles. The van der Waals surface area contributed by atoms with Gasteiger partial charge in [-0.25, -0.2) is 4.79 Å². The van der Waals surface area contributed by atoms with Gasteiger partial charge in [-0.05, 0) is 54.3 Å². The first kappa shape index (κ1) is 19.3. The minimum atomic E-state index is -0.322. The highest BCUT2D eigenvalue weighted by Crippen LogP contribution is 2.23. The smallest absolute Gasteiger partial charge is 0.318 e. The van der Waals surface area contributed by atoms with Crippen molar-refractivity contribution < 1.29 is 14.3 Å². The van der Waals surface area contributed by atoms with Crippen molar-refractivity contribution in [2.24, 2.45) is 0 Å². The van der Waals surface area contributed by atoms with E-state index in [9.17, 15) is 9.59 Å². The number of hydrogen-bond acceptors (Lipinski definition) is 3. The van der Waals surface area contributed by atoms with Crippen LogP contribution in [0.15, 0.2) is 42.5 Å². The fourth-order valence-electron chi connectivity index (χ4n) is 2.60. The number of carbonyl (C=O) groups excluding carboxylic acids is 2. The van der Waals surface area contributed by atoms with E-state index in [0.717, 1.165) is 5.56 Å². The number of ether oxygens (including phenoxy) is 1. The lowest BCUT2D eigenvalue weighted by atomic mass is 9.98. The fraction of sp³-hybridized carbons (Fsp3) is 0.300. The molecule has 0 fully saturated rings. The molecule has 0 aliphatic heterocycles. The number of urea groups is 1. The largest absolute Gasteiger partial charge is 0.484 e. The first-order valence-corrected chi connectivity index (χ1v) is 8.51. The van der Waals surface area contributed by atoms with Gasteiger partial charge in [0.2, 0.25) is 0 Å². The molecule has 2 aromatic carbocycles. The highest BCUT2D eigenvalue weighted by molar-refractivity contribution is 5.94. The van der Waals surface area contributed by atoms with E-state index < -0.39 is 0 Å². The summed E-state index contributed by atoms with van der Waals surface area (Å²) in [7, 11) is 1.54. The molecule has 0 heterocycles. The van der Waals surface area contributed by atoms with Crippen molar-refractivity contribution in [3.63, 3.8) is 0 Å². The van der Waals surface area contributed by atoms with Crippen LogP contribution in [0.5, 0.6) is 5.75 Å². The van der Waals surface area contributed by atoms with Gasteiger partial charge in [0.1, 0.15) is 5.75 Å². The number of hydrogen-bond donors (Lipinski definition) is 3. The van der Waals surface area contributed by atoms with Gasteiger partial charge in [0, 0.05) is 18.4 Å². The molecular formula is C20H25N3O3. The van der Waals surface area contributed by atoms with Crippen LogP contribution < -0.4 is 20.7 Å². The third-order valence-electron chi connectivity index (χ3n) is 3.86. The lowest BCUT2D eigenvalue weighted by Gasteiger charge is -2.13. The van der Waals surface area contributed by atoms with E-state index in [1.54, 1.807) is 24.3 Å². The number of nitrogens with one attached hydrogen (secondary N) is 3. The van der Waals surface area contributed by atoms with E-state index in [1.165, 1.54) is 12.6 Å². The summed E-state index contributed by atoms with van der Waals surface area (Å²) in [5.41, 5.74) is 3.58. The lowest BCUT2D eigenvalue weighted by molar-refractivity contribution is -0.118. The normalized spacial score (nSPS) is 10.3. The van der Waals surface area contributed by atoms with Crippen LogP contribution in [0.25, 0.3) is 0 Å². The Morgan fingerprint density at radius 2 is 1.73 bits per heavy atom. The second kappa shape index (κ2) is 8.89. The Labute approximate surface area is 153 Å². The topological polar surface area (TPSA) is 79.5 Å². The summed E-state index contributed by atoms with van der Waals surface area (Å²) in [5.74, 6) is 0.841. The third kappa shape index (κ3) is 5.51. The van der Waals surface area contributed by atoms with Crippen molar-refractivity contribution in [3.8, 4) is 5.75 Å². The third-order valence-corrected chi connectivity index (χ3v) is 3.86. The number of amides is 3. The molecule has 6 nitrogen and oxygen atoms in total. The van der Waals surface area contributed by atoms with Gasteiger partial charge in [0.15, 0.2) is 6.61 Å². The van der Waals surface area contributed by atoms with E-state index in [1.807, 2.05) is 25.1 Å². The minimum absolute atomic E-state index is 0.0897. The Hall–Kier alpha value is -3.02. The summed E-state index contributed by atoms with van der Waals surface area (Å²) in [6.07, 6.45) is 0. The SMILES string of the molecule is CNC(=O)Nc1cccc(NC(=O)COc2ccc(C(C)C)c(C)c2)c1. The Bertz CT molecular complexity index is 788. The predicted octanol–water partition coefficient (Wildman–Crippen LogP) is 3.89. The molecule has 3 amide bonds. The van der Waals surface area contributed by atoms with Crippen LogP contribution in [-0.2, 0) is 4.79 Å². The van der Waals surface area contributed by atoms with Crippen LogP contribution in [0, 0.1) is 6.92 Å². The van der Waals surface area contributed by atoms with Gasteiger partial charge < -0.3 is 20.7 Å². The number of benzene rings is 2. The van der Waals surface area contributed by atoms with Gasteiger partial charge in [-0.15, -0.1) is 0 Å². The number of anilines is 2. The van der Waals surface area contributed by atoms with Gasteiger partial charge >= 0.3 is 6.03 Å². The fourth-order valence-corrected chi connectivity index (χ4v) is 2.60. The van der Waals surface area contributed by atoms with E-state index >= 15 is 0 Å². The predicted molar refractivity (Wildman–Crippen MR) is 104 cm³/mol. The molecule has 0 atom stereocenters. The Morgan fingerprint density at radius 1 is 1.04 bits per heavy atom. The summed E-state index contributed by atoms with van der Waals surface area (Å²) in [4.78, 5) is 23.4. The summed E-state index contributed by atoms with van der Waals surface area (Å²) in [6, 6.07) is 12.4. The standard InChI is InChI=1S/C20H25N3O3/c1-13(2)18-9-8-17(10-14(18)3)26-12-19(24)22-15-6-5-7-16(11-15)23-20(25)21-4/h5-11,13H,12H2,1-4H3,(H,22,24)(H2,21,23,25). The summed E-state index contributed by atoms with van der Waals surface area (Å²) in [5, 5.41) is 7.87. The lowest BCUT2D eigenvalue weighted by Crippen LogP contribution is -2.24. The van der Waals surface area contributed by atoms with Crippen LogP contribution in [0.2, 0.25) is 0 Å². The summed E-state index contributed by atoms with van der Waals surface area (Å²) in [6.45, 7) is 6.23. The molecule has 26 heavy (non-hydrogen) atoms. The zero-order valence-electron chi connectivity index (χ0n) is 15.6. The maximum Gasteiger partial charge on any atom is 0.318 e. The first-order valence-electron chi connectivity index (χ1n) is 8.51. The Balaban J connectivity index is 1.92. The molecule has 0 aromatic heterocycles. The zero-order chi connectivity index (χ0) is 19.1. The summed E-state index contributed by atoms with van der Waals surface area (Å²) >= 11 is 0. The maximum atomic E-state index is 12.1. The van der Waals surface area contributed by atoms with Crippen LogP contribution in [0.4, 0.5) is 16.2 Å². The molecule has 0 bridgehead atoms. The molecule has 0 radical (unpaired) electrons. The van der Waals surface area contributed by atoms with Crippen molar-refractivity contribution >= 4 is 23.3 Å². The maximum absolute atomic E-state index is 12.1. The molecule has 0 aliphatic rings. The van der Waals surface area contributed by atoms with Gasteiger partial charge in [0.25, 0.3) is 5.91 Å². The highest BCUT2D eigenvalue weighted by atomic mass is 16.5.